The number of hydrogen-bond acceptors (Lipinski definition) is 8. The number of nitrogens with zero attached hydrogens (tertiary/aromatic N) is 4. The lowest BCUT2D eigenvalue weighted by molar-refractivity contribution is 0.101. The van der Waals surface area contributed by atoms with Gasteiger partial charge in [-0.05, 0) is 44.0 Å². The Morgan fingerprint density at radius 3 is 2.55 bits per heavy atom. The van der Waals surface area contributed by atoms with Crippen molar-refractivity contribution in [2.45, 2.75) is 25.7 Å². The SMILES string of the molecule is Cc1nc(Nc2ccc(NC(=O)c3cc(C4CC4)on3)cc2)cc(N2CCOCC2)n1. The molecule has 9 nitrogen and oxygen atoms in total. The molecule has 1 amide bonds. The zero-order valence-corrected chi connectivity index (χ0v) is 17.3. The molecule has 0 unspecified atom stereocenters. The van der Waals surface area contributed by atoms with Gasteiger partial charge in [-0.25, -0.2) is 9.97 Å². The van der Waals surface area contributed by atoms with Crippen molar-refractivity contribution in [2.24, 2.45) is 0 Å². The monoisotopic (exact) mass is 420 g/mol. The third kappa shape index (κ3) is 4.66. The van der Waals surface area contributed by atoms with E-state index in [-0.39, 0.29) is 5.91 Å². The zero-order chi connectivity index (χ0) is 21.2. The molecule has 1 saturated carbocycles. The second-order valence-corrected chi connectivity index (χ2v) is 7.80. The molecule has 0 spiro atoms. The van der Waals surface area contributed by atoms with Gasteiger partial charge in [-0.2, -0.15) is 0 Å². The van der Waals surface area contributed by atoms with Gasteiger partial charge in [-0.1, -0.05) is 5.16 Å². The maximum atomic E-state index is 12.4. The number of rotatable bonds is 6. The minimum Gasteiger partial charge on any atom is -0.378 e. The van der Waals surface area contributed by atoms with Crippen molar-refractivity contribution in [2.75, 3.05) is 41.8 Å². The summed E-state index contributed by atoms with van der Waals surface area (Å²) < 4.78 is 10.7. The van der Waals surface area contributed by atoms with E-state index in [0.717, 1.165) is 49.0 Å². The number of nitrogens with one attached hydrogen (secondary N) is 2. The Balaban J connectivity index is 1.23. The lowest BCUT2D eigenvalue weighted by Gasteiger charge is -2.28. The summed E-state index contributed by atoms with van der Waals surface area (Å²) in [5, 5.41) is 10.0. The van der Waals surface area contributed by atoms with Crippen molar-refractivity contribution in [3.8, 4) is 0 Å². The molecule has 1 aliphatic heterocycles. The molecule has 2 N–H and O–H groups in total. The van der Waals surface area contributed by atoms with Crippen LogP contribution in [0.25, 0.3) is 0 Å². The number of hydrogen-bond donors (Lipinski definition) is 2. The van der Waals surface area contributed by atoms with Crippen LogP contribution < -0.4 is 15.5 Å². The molecule has 3 aromatic rings. The molecule has 2 aromatic heterocycles. The average molecular weight is 420 g/mol. The fourth-order valence-electron chi connectivity index (χ4n) is 3.51. The van der Waals surface area contributed by atoms with E-state index in [2.05, 4.69) is 30.7 Å². The first-order valence-electron chi connectivity index (χ1n) is 10.5. The smallest absolute Gasteiger partial charge is 0.277 e. The molecule has 0 radical (unpaired) electrons. The van der Waals surface area contributed by atoms with Crippen molar-refractivity contribution in [1.29, 1.82) is 0 Å². The molecule has 1 saturated heterocycles. The summed E-state index contributed by atoms with van der Waals surface area (Å²) in [6.07, 6.45) is 2.20. The average Bonchev–Trinajstić information content (AvgIpc) is 3.51. The van der Waals surface area contributed by atoms with E-state index >= 15 is 0 Å². The maximum absolute atomic E-state index is 12.4. The van der Waals surface area contributed by atoms with E-state index in [1.807, 2.05) is 37.3 Å². The minimum atomic E-state index is -0.280. The van der Waals surface area contributed by atoms with Gasteiger partial charge in [0.15, 0.2) is 5.69 Å². The van der Waals surface area contributed by atoms with Crippen molar-refractivity contribution in [3.05, 3.63) is 53.7 Å². The van der Waals surface area contributed by atoms with Crippen LogP contribution in [0.2, 0.25) is 0 Å². The number of ether oxygens (including phenoxy) is 1. The molecule has 2 aliphatic rings. The van der Waals surface area contributed by atoms with E-state index in [4.69, 9.17) is 9.26 Å². The highest BCUT2D eigenvalue weighted by Gasteiger charge is 2.28. The first-order valence-corrected chi connectivity index (χ1v) is 10.5. The number of amides is 1. The van der Waals surface area contributed by atoms with Crippen molar-refractivity contribution in [3.63, 3.8) is 0 Å². The third-order valence-electron chi connectivity index (χ3n) is 5.32. The molecule has 0 atom stereocenters. The highest BCUT2D eigenvalue weighted by atomic mass is 16.5. The van der Waals surface area contributed by atoms with Crippen LogP contribution in [0.5, 0.6) is 0 Å². The number of carbonyl (C=O) groups is 1. The fourth-order valence-corrected chi connectivity index (χ4v) is 3.51. The summed E-state index contributed by atoms with van der Waals surface area (Å²) >= 11 is 0. The van der Waals surface area contributed by atoms with Crippen molar-refractivity contribution >= 4 is 28.9 Å². The van der Waals surface area contributed by atoms with Crippen molar-refractivity contribution in [1.82, 2.24) is 15.1 Å². The molecule has 0 bridgehead atoms. The highest BCUT2D eigenvalue weighted by molar-refractivity contribution is 6.02. The Hall–Kier alpha value is -3.46. The highest BCUT2D eigenvalue weighted by Crippen LogP contribution is 2.40. The van der Waals surface area contributed by atoms with Gasteiger partial charge >= 0.3 is 0 Å². The Morgan fingerprint density at radius 1 is 1.06 bits per heavy atom. The van der Waals surface area contributed by atoms with E-state index in [0.29, 0.717) is 36.3 Å². The van der Waals surface area contributed by atoms with Gasteiger partial charge in [0.1, 0.15) is 23.2 Å². The summed E-state index contributed by atoms with van der Waals surface area (Å²) in [6.45, 7) is 4.92. The van der Waals surface area contributed by atoms with Gasteiger partial charge in [0.2, 0.25) is 0 Å². The predicted octanol–water partition coefficient (Wildman–Crippen LogP) is 3.48. The summed E-state index contributed by atoms with van der Waals surface area (Å²) in [4.78, 5) is 23.6. The van der Waals surface area contributed by atoms with Crippen LogP contribution in [0.1, 0.15) is 40.8 Å². The van der Waals surface area contributed by atoms with Gasteiger partial charge in [0.25, 0.3) is 5.91 Å². The van der Waals surface area contributed by atoms with Crippen LogP contribution in [0.3, 0.4) is 0 Å². The molecular weight excluding hydrogens is 396 g/mol. The molecular formula is C22H24N6O3. The summed E-state index contributed by atoms with van der Waals surface area (Å²) in [5.74, 6) is 3.25. The Morgan fingerprint density at radius 2 is 1.81 bits per heavy atom. The van der Waals surface area contributed by atoms with Gasteiger partial charge in [-0.15, -0.1) is 0 Å². The third-order valence-corrected chi connectivity index (χ3v) is 5.32. The Labute approximate surface area is 179 Å². The van der Waals surface area contributed by atoms with E-state index < -0.39 is 0 Å². The van der Waals surface area contributed by atoms with Gasteiger partial charge < -0.3 is 24.8 Å². The number of aromatic nitrogens is 3. The van der Waals surface area contributed by atoms with Crippen molar-refractivity contribution < 1.29 is 14.1 Å². The molecule has 160 valence electrons. The zero-order valence-electron chi connectivity index (χ0n) is 17.3. The number of benzene rings is 1. The number of aryl methyl sites for hydroxylation is 1. The van der Waals surface area contributed by atoms with Gasteiger partial charge in [0.05, 0.1) is 13.2 Å². The topological polar surface area (TPSA) is 105 Å². The van der Waals surface area contributed by atoms with Crippen LogP contribution in [-0.2, 0) is 4.74 Å². The second kappa shape index (κ2) is 8.35. The molecule has 1 aromatic carbocycles. The number of morpholine rings is 1. The van der Waals surface area contributed by atoms with Gasteiger partial charge in [-0.3, -0.25) is 4.79 Å². The predicted molar refractivity (Wildman–Crippen MR) is 116 cm³/mol. The minimum absolute atomic E-state index is 0.280. The number of carbonyl (C=O) groups excluding carboxylic acids is 1. The molecule has 2 fully saturated rings. The van der Waals surface area contributed by atoms with Crippen LogP contribution >= 0.6 is 0 Å². The lowest BCUT2D eigenvalue weighted by atomic mass is 10.2. The summed E-state index contributed by atoms with van der Waals surface area (Å²) in [7, 11) is 0. The van der Waals surface area contributed by atoms with Crippen LogP contribution in [0, 0.1) is 6.92 Å². The van der Waals surface area contributed by atoms with E-state index in [1.54, 1.807) is 6.07 Å². The first kappa shape index (κ1) is 19.5. The number of anilines is 4. The quantitative estimate of drug-likeness (QED) is 0.624. The largest absolute Gasteiger partial charge is 0.378 e. The Kier molecular flexibility index (Phi) is 5.25. The molecule has 5 rings (SSSR count). The Bertz CT molecular complexity index is 1070. The van der Waals surface area contributed by atoms with Crippen LogP contribution in [0.4, 0.5) is 23.0 Å². The maximum Gasteiger partial charge on any atom is 0.277 e. The molecule has 3 heterocycles. The van der Waals surface area contributed by atoms with Crippen LogP contribution in [0.15, 0.2) is 40.9 Å². The standard InChI is InChI=1S/C22H24N6O3/c1-14-23-20(13-21(24-14)28-8-10-30-11-9-28)25-16-4-6-17(7-5-16)26-22(29)18-12-19(31-27-18)15-2-3-15/h4-7,12-13,15H,2-3,8-11H2,1H3,(H,26,29)(H,23,24,25). The lowest BCUT2D eigenvalue weighted by Crippen LogP contribution is -2.36. The second-order valence-electron chi connectivity index (χ2n) is 7.80. The summed E-state index contributed by atoms with van der Waals surface area (Å²) in [6, 6.07) is 11.1. The first-order chi connectivity index (χ1) is 15.1. The van der Waals surface area contributed by atoms with E-state index in [9.17, 15) is 4.79 Å². The molecule has 31 heavy (non-hydrogen) atoms. The van der Waals surface area contributed by atoms with Crippen LogP contribution in [-0.4, -0.2) is 47.3 Å². The molecule has 1 aliphatic carbocycles. The van der Waals surface area contributed by atoms with E-state index in [1.165, 1.54) is 0 Å². The summed E-state index contributed by atoms with van der Waals surface area (Å²) in [5.41, 5.74) is 1.84. The molecule has 9 heteroatoms. The normalized spacial score (nSPS) is 16.2. The van der Waals surface area contributed by atoms with Gasteiger partial charge in [0, 0.05) is 42.5 Å². The fraction of sp³-hybridized carbons (Fsp3) is 0.364.